The molecule has 0 bridgehead atoms. The van der Waals surface area contributed by atoms with Gasteiger partial charge in [-0.3, -0.25) is 9.80 Å². The maximum absolute atomic E-state index is 14.3. The fourth-order valence-electron chi connectivity index (χ4n) is 5.27. The lowest BCUT2D eigenvalue weighted by Crippen LogP contribution is -2.47. The number of amidine groups is 1. The standard InChI is InChI=1S/C28H38F2N4O2/c1-21-12-13-22(20-36-26-11-4-3-8-23(26)19-33-14-5-6-15-33)18-34(21)17-16-32(2)28(31-35)24-9-7-10-25(29)27(24)30/h3-4,7-11,21-22,35H,5-6,12-20H2,1-2H3/t21-,22-/m1/s1. The van der Waals surface area contributed by atoms with E-state index in [1.807, 2.05) is 6.07 Å². The van der Waals surface area contributed by atoms with Crippen LogP contribution in [0.2, 0.25) is 0 Å². The van der Waals surface area contributed by atoms with Crippen LogP contribution in [-0.4, -0.2) is 78.2 Å². The van der Waals surface area contributed by atoms with E-state index in [4.69, 9.17) is 4.74 Å². The molecule has 2 aromatic carbocycles. The van der Waals surface area contributed by atoms with E-state index in [9.17, 15) is 14.0 Å². The van der Waals surface area contributed by atoms with Gasteiger partial charge in [0, 0.05) is 50.7 Å². The number of rotatable bonds is 9. The summed E-state index contributed by atoms with van der Waals surface area (Å²) >= 11 is 0. The van der Waals surface area contributed by atoms with Crippen LogP contribution in [-0.2, 0) is 6.54 Å². The fourth-order valence-corrected chi connectivity index (χ4v) is 5.27. The van der Waals surface area contributed by atoms with Gasteiger partial charge in [0.2, 0.25) is 0 Å². The summed E-state index contributed by atoms with van der Waals surface area (Å²) in [4.78, 5) is 6.56. The van der Waals surface area contributed by atoms with Crippen LogP contribution in [0.15, 0.2) is 47.6 Å². The van der Waals surface area contributed by atoms with Crippen molar-refractivity contribution in [1.29, 1.82) is 0 Å². The molecule has 8 heteroatoms. The first-order valence-corrected chi connectivity index (χ1v) is 13.0. The van der Waals surface area contributed by atoms with Crippen LogP contribution in [0.4, 0.5) is 8.78 Å². The van der Waals surface area contributed by atoms with E-state index in [-0.39, 0.29) is 11.4 Å². The third kappa shape index (κ3) is 6.53. The minimum absolute atomic E-state index is 0.0196. The Kier molecular flexibility index (Phi) is 9.15. The molecule has 0 saturated carbocycles. The number of hydrogen-bond donors (Lipinski definition) is 1. The molecule has 2 aromatic rings. The lowest BCUT2D eigenvalue weighted by molar-refractivity contribution is 0.0855. The normalized spacial score (nSPS) is 21.6. The zero-order chi connectivity index (χ0) is 25.5. The number of hydrogen-bond acceptors (Lipinski definition) is 5. The minimum atomic E-state index is -1.01. The van der Waals surface area contributed by atoms with Crippen molar-refractivity contribution in [3.8, 4) is 5.75 Å². The van der Waals surface area contributed by atoms with E-state index < -0.39 is 11.6 Å². The zero-order valence-corrected chi connectivity index (χ0v) is 21.4. The minimum Gasteiger partial charge on any atom is -0.493 e. The van der Waals surface area contributed by atoms with Gasteiger partial charge >= 0.3 is 0 Å². The van der Waals surface area contributed by atoms with Gasteiger partial charge in [-0.2, -0.15) is 0 Å². The summed E-state index contributed by atoms with van der Waals surface area (Å²) in [5.74, 6) is -0.554. The van der Waals surface area contributed by atoms with E-state index in [0.717, 1.165) is 57.4 Å². The molecule has 2 aliphatic heterocycles. The molecule has 0 aromatic heterocycles. The van der Waals surface area contributed by atoms with Crippen molar-refractivity contribution in [2.75, 3.05) is 46.4 Å². The monoisotopic (exact) mass is 500 g/mol. The second-order valence-electron chi connectivity index (χ2n) is 10.1. The number of benzene rings is 2. The van der Waals surface area contributed by atoms with Crippen LogP contribution < -0.4 is 4.74 Å². The van der Waals surface area contributed by atoms with Crippen molar-refractivity contribution in [3.05, 3.63) is 65.2 Å². The Hall–Kier alpha value is -2.71. The predicted octanol–water partition coefficient (Wildman–Crippen LogP) is 4.81. The highest BCUT2D eigenvalue weighted by molar-refractivity contribution is 5.98. The fraction of sp³-hybridized carbons (Fsp3) is 0.536. The van der Waals surface area contributed by atoms with Crippen molar-refractivity contribution in [2.45, 2.75) is 45.2 Å². The Morgan fingerprint density at radius 3 is 2.67 bits per heavy atom. The van der Waals surface area contributed by atoms with Crippen molar-refractivity contribution in [1.82, 2.24) is 14.7 Å². The van der Waals surface area contributed by atoms with Gasteiger partial charge in [0.15, 0.2) is 17.5 Å². The van der Waals surface area contributed by atoms with Crippen molar-refractivity contribution < 1.29 is 18.7 Å². The Balaban J connectivity index is 1.31. The molecular formula is C28H38F2N4O2. The van der Waals surface area contributed by atoms with Crippen LogP contribution in [0, 0.1) is 17.6 Å². The van der Waals surface area contributed by atoms with Crippen molar-refractivity contribution >= 4 is 5.84 Å². The quantitative estimate of drug-likeness (QED) is 0.232. The molecule has 0 unspecified atom stereocenters. The Bertz CT molecular complexity index is 1030. The number of nitrogens with zero attached hydrogens (tertiary/aromatic N) is 4. The smallest absolute Gasteiger partial charge is 0.178 e. The summed E-state index contributed by atoms with van der Waals surface area (Å²) in [6, 6.07) is 12.7. The molecule has 2 heterocycles. The van der Waals surface area contributed by atoms with Crippen LogP contribution in [0.5, 0.6) is 5.75 Å². The molecule has 36 heavy (non-hydrogen) atoms. The molecule has 0 amide bonds. The summed E-state index contributed by atoms with van der Waals surface area (Å²) in [5.41, 5.74) is 1.20. The first kappa shape index (κ1) is 26.4. The molecule has 0 radical (unpaired) electrons. The molecule has 2 fully saturated rings. The van der Waals surface area contributed by atoms with Gasteiger partial charge in [0.1, 0.15) is 5.75 Å². The average Bonchev–Trinajstić information content (AvgIpc) is 3.39. The number of para-hydroxylation sites is 1. The first-order valence-electron chi connectivity index (χ1n) is 13.0. The molecule has 1 N–H and O–H groups in total. The maximum Gasteiger partial charge on any atom is 0.178 e. The number of ether oxygens (including phenoxy) is 1. The highest BCUT2D eigenvalue weighted by Crippen LogP contribution is 2.26. The number of piperidine rings is 1. The van der Waals surface area contributed by atoms with Crippen LogP contribution in [0.3, 0.4) is 0 Å². The Morgan fingerprint density at radius 2 is 1.89 bits per heavy atom. The van der Waals surface area contributed by atoms with E-state index >= 15 is 0 Å². The van der Waals surface area contributed by atoms with Gasteiger partial charge in [-0.25, -0.2) is 8.78 Å². The Morgan fingerprint density at radius 1 is 1.11 bits per heavy atom. The molecule has 4 rings (SSSR count). The lowest BCUT2D eigenvalue weighted by Gasteiger charge is -2.39. The van der Waals surface area contributed by atoms with Crippen molar-refractivity contribution in [3.63, 3.8) is 0 Å². The van der Waals surface area contributed by atoms with Gasteiger partial charge in [-0.15, -0.1) is 0 Å². The maximum atomic E-state index is 14.3. The van der Waals surface area contributed by atoms with Gasteiger partial charge in [-0.05, 0) is 63.9 Å². The number of halogens is 2. The summed E-state index contributed by atoms with van der Waals surface area (Å²) in [6.07, 6.45) is 4.74. The highest BCUT2D eigenvalue weighted by atomic mass is 19.2. The molecule has 2 aliphatic rings. The molecule has 2 atom stereocenters. The second-order valence-corrected chi connectivity index (χ2v) is 10.1. The van der Waals surface area contributed by atoms with E-state index in [1.165, 1.54) is 30.5 Å². The first-order chi connectivity index (χ1) is 17.5. The summed E-state index contributed by atoms with van der Waals surface area (Å²) in [7, 11) is 1.73. The second kappa shape index (κ2) is 12.5. The van der Waals surface area contributed by atoms with Gasteiger partial charge in [-0.1, -0.05) is 29.4 Å². The van der Waals surface area contributed by atoms with Crippen LogP contribution in [0.25, 0.3) is 0 Å². The van der Waals surface area contributed by atoms with Crippen LogP contribution in [0.1, 0.15) is 43.7 Å². The van der Waals surface area contributed by atoms with Crippen LogP contribution >= 0.6 is 0 Å². The highest BCUT2D eigenvalue weighted by Gasteiger charge is 2.27. The molecule has 0 spiro atoms. The Labute approximate surface area is 213 Å². The van der Waals surface area contributed by atoms with Crippen molar-refractivity contribution in [2.24, 2.45) is 11.1 Å². The van der Waals surface area contributed by atoms with E-state index in [0.29, 0.717) is 25.1 Å². The number of likely N-dealkylation sites (N-methyl/N-ethyl adjacent to an activating group) is 1. The molecular weight excluding hydrogens is 462 g/mol. The topological polar surface area (TPSA) is 51.5 Å². The van der Waals surface area contributed by atoms with Gasteiger partial charge in [0.25, 0.3) is 0 Å². The summed E-state index contributed by atoms with van der Waals surface area (Å²) < 4.78 is 34.3. The zero-order valence-electron chi connectivity index (χ0n) is 21.4. The summed E-state index contributed by atoms with van der Waals surface area (Å²) in [6.45, 7) is 8.30. The molecule has 2 saturated heterocycles. The summed E-state index contributed by atoms with van der Waals surface area (Å²) in [5, 5.41) is 12.8. The molecule has 196 valence electrons. The molecule has 6 nitrogen and oxygen atoms in total. The van der Waals surface area contributed by atoms with Gasteiger partial charge < -0.3 is 14.8 Å². The van der Waals surface area contributed by atoms with Gasteiger partial charge in [0.05, 0.1) is 12.2 Å². The predicted molar refractivity (Wildman–Crippen MR) is 138 cm³/mol. The molecule has 0 aliphatic carbocycles. The lowest BCUT2D eigenvalue weighted by atomic mass is 9.94. The average molecular weight is 501 g/mol. The van der Waals surface area contributed by atoms with E-state index in [2.05, 4.69) is 40.1 Å². The largest absolute Gasteiger partial charge is 0.493 e. The number of likely N-dealkylation sites (tertiary alicyclic amines) is 2. The van der Waals surface area contributed by atoms with E-state index in [1.54, 1.807) is 11.9 Å². The third-order valence-electron chi connectivity index (χ3n) is 7.52. The SMILES string of the molecule is C[C@@H]1CC[C@@H](COc2ccccc2CN2CCCC2)CN1CCN(C)C(=NO)c1cccc(F)c1F. The third-order valence-corrected chi connectivity index (χ3v) is 7.52. The number of oxime groups is 1.